The fourth-order valence-corrected chi connectivity index (χ4v) is 10.2. The number of nitrogens with zero attached hydrogens (tertiary/aromatic N) is 6. The molecule has 0 aromatic heterocycles. The molecule has 0 aliphatic carbocycles. The highest BCUT2D eigenvalue weighted by atomic mass is 15.4. The SMILES string of the molecule is CCCCCCCCCCN1c2cccc3c(/N=N/c4ccc(/N=N/c5ccc(C)cc5)c5ccccc45)ccc(c23)N(CCCCCCCCCC)C1(C)CCCCCCCCCC. The first-order valence-electron chi connectivity index (χ1n) is 26.5. The van der Waals surface area contributed by atoms with Gasteiger partial charge in [0.25, 0.3) is 0 Å². The number of hydrogen-bond acceptors (Lipinski definition) is 6. The predicted molar refractivity (Wildman–Crippen MR) is 283 cm³/mol. The van der Waals surface area contributed by atoms with Crippen LogP contribution in [-0.4, -0.2) is 18.8 Å². The van der Waals surface area contributed by atoms with Crippen molar-refractivity contribution in [3.05, 3.63) is 96.6 Å². The molecule has 5 aromatic rings. The van der Waals surface area contributed by atoms with Gasteiger partial charge in [0.2, 0.25) is 0 Å². The second-order valence-electron chi connectivity index (χ2n) is 19.4. The summed E-state index contributed by atoms with van der Waals surface area (Å²) in [6.45, 7) is 13.8. The van der Waals surface area contributed by atoms with Gasteiger partial charge in [0, 0.05) is 46.0 Å². The molecule has 1 aliphatic heterocycles. The van der Waals surface area contributed by atoms with Crippen molar-refractivity contribution in [3.63, 3.8) is 0 Å². The number of unbranched alkanes of at least 4 members (excludes halogenated alkanes) is 21. The maximum Gasteiger partial charge on any atom is 0.110 e. The number of benzene rings is 5. The minimum atomic E-state index is -0.0910. The van der Waals surface area contributed by atoms with Crippen molar-refractivity contribution in [2.24, 2.45) is 20.5 Å². The molecular formula is C59H84N6. The Morgan fingerprint density at radius 1 is 0.385 bits per heavy atom. The normalized spacial score (nSPS) is 15.2. The minimum absolute atomic E-state index is 0.0910. The van der Waals surface area contributed by atoms with E-state index in [0.29, 0.717) is 0 Å². The van der Waals surface area contributed by atoms with Crippen LogP contribution in [0.1, 0.15) is 194 Å². The zero-order valence-electron chi connectivity index (χ0n) is 41.4. The summed E-state index contributed by atoms with van der Waals surface area (Å²) in [6.07, 6.45) is 33.3. The number of aryl methyl sites for hydroxylation is 1. The van der Waals surface area contributed by atoms with Gasteiger partial charge in [-0.05, 0) is 82.0 Å². The number of azo groups is 2. The van der Waals surface area contributed by atoms with Gasteiger partial charge in [-0.2, -0.15) is 5.11 Å². The Hall–Kier alpha value is -4.58. The monoisotopic (exact) mass is 877 g/mol. The molecule has 6 nitrogen and oxygen atoms in total. The fraction of sp³-hybridized carbons (Fsp3) is 0.559. The summed E-state index contributed by atoms with van der Waals surface area (Å²) in [4.78, 5) is 5.70. The van der Waals surface area contributed by atoms with Crippen LogP contribution in [0, 0.1) is 6.92 Å². The van der Waals surface area contributed by atoms with Crippen molar-refractivity contribution in [1.29, 1.82) is 0 Å². The van der Waals surface area contributed by atoms with Crippen LogP contribution in [-0.2, 0) is 0 Å². The molecular weight excluding hydrogens is 793 g/mol. The van der Waals surface area contributed by atoms with E-state index >= 15 is 0 Å². The molecule has 1 atom stereocenters. The van der Waals surface area contributed by atoms with Crippen molar-refractivity contribution in [1.82, 2.24) is 0 Å². The highest BCUT2D eigenvalue weighted by Gasteiger charge is 2.42. The zero-order valence-corrected chi connectivity index (χ0v) is 41.4. The van der Waals surface area contributed by atoms with E-state index in [1.165, 1.54) is 188 Å². The van der Waals surface area contributed by atoms with Crippen LogP contribution >= 0.6 is 0 Å². The second kappa shape index (κ2) is 27.2. The van der Waals surface area contributed by atoms with Crippen LogP contribution in [0.4, 0.5) is 34.1 Å². The molecule has 6 rings (SSSR count). The van der Waals surface area contributed by atoms with E-state index in [4.69, 9.17) is 10.2 Å². The van der Waals surface area contributed by atoms with E-state index in [2.05, 4.69) is 121 Å². The van der Waals surface area contributed by atoms with Crippen LogP contribution < -0.4 is 9.80 Å². The number of anilines is 2. The second-order valence-corrected chi connectivity index (χ2v) is 19.4. The first kappa shape index (κ1) is 49.8. The summed E-state index contributed by atoms with van der Waals surface area (Å²) in [5, 5.41) is 23.9. The first-order valence-corrected chi connectivity index (χ1v) is 26.5. The van der Waals surface area contributed by atoms with Gasteiger partial charge in [-0.15, -0.1) is 15.3 Å². The number of fused-ring (bicyclic) bond motifs is 1. The van der Waals surface area contributed by atoms with E-state index in [1.54, 1.807) is 0 Å². The molecule has 0 amide bonds. The Kier molecular flexibility index (Phi) is 20.8. The summed E-state index contributed by atoms with van der Waals surface area (Å²) >= 11 is 0. The predicted octanol–water partition coefficient (Wildman–Crippen LogP) is 20.3. The van der Waals surface area contributed by atoms with E-state index in [0.717, 1.165) is 46.6 Å². The summed E-state index contributed by atoms with van der Waals surface area (Å²) in [6, 6.07) is 32.1. The first-order chi connectivity index (χ1) is 32.0. The van der Waals surface area contributed by atoms with Gasteiger partial charge in [-0.1, -0.05) is 210 Å². The van der Waals surface area contributed by atoms with Crippen molar-refractivity contribution in [2.45, 2.75) is 201 Å². The largest absolute Gasteiger partial charge is 0.348 e. The molecule has 0 saturated heterocycles. The maximum absolute atomic E-state index is 5.08. The third kappa shape index (κ3) is 14.2. The van der Waals surface area contributed by atoms with Crippen molar-refractivity contribution >= 4 is 55.7 Å². The smallest absolute Gasteiger partial charge is 0.110 e. The summed E-state index contributed by atoms with van der Waals surface area (Å²) in [5.74, 6) is 0. The molecule has 1 heterocycles. The Balaban J connectivity index is 1.30. The molecule has 0 bridgehead atoms. The molecule has 65 heavy (non-hydrogen) atoms. The fourth-order valence-electron chi connectivity index (χ4n) is 10.2. The van der Waals surface area contributed by atoms with Gasteiger partial charge in [-0.3, -0.25) is 0 Å². The van der Waals surface area contributed by atoms with Crippen LogP contribution in [0.25, 0.3) is 21.5 Å². The molecule has 350 valence electrons. The van der Waals surface area contributed by atoms with Gasteiger partial charge in [0.1, 0.15) is 5.66 Å². The molecule has 1 aliphatic rings. The topological polar surface area (TPSA) is 55.9 Å². The quantitative estimate of drug-likeness (QED) is 0.0329. The molecule has 0 radical (unpaired) electrons. The lowest BCUT2D eigenvalue weighted by Crippen LogP contribution is -2.62. The lowest BCUT2D eigenvalue weighted by Gasteiger charge is -2.55. The molecule has 6 heteroatoms. The lowest BCUT2D eigenvalue weighted by atomic mass is 9.90. The average Bonchev–Trinajstić information content (AvgIpc) is 3.33. The molecule has 0 fully saturated rings. The van der Waals surface area contributed by atoms with Crippen LogP contribution in [0.2, 0.25) is 0 Å². The van der Waals surface area contributed by atoms with Crippen LogP contribution in [0.5, 0.6) is 0 Å². The maximum atomic E-state index is 5.08. The zero-order chi connectivity index (χ0) is 45.5. The van der Waals surface area contributed by atoms with Crippen molar-refractivity contribution in [3.8, 4) is 0 Å². The Labute approximate surface area is 394 Å². The number of rotatable bonds is 31. The van der Waals surface area contributed by atoms with E-state index in [9.17, 15) is 0 Å². The van der Waals surface area contributed by atoms with E-state index in [1.807, 2.05) is 24.3 Å². The Morgan fingerprint density at radius 3 is 1.29 bits per heavy atom. The third-order valence-electron chi connectivity index (χ3n) is 14.1. The molecule has 0 saturated carbocycles. The summed E-state index contributed by atoms with van der Waals surface area (Å²) < 4.78 is 0. The van der Waals surface area contributed by atoms with Gasteiger partial charge in [0.15, 0.2) is 0 Å². The Bertz CT molecular complexity index is 2170. The highest BCUT2D eigenvalue weighted by Crippen LogP contribution is 2.50. The van der Waals surface area contributed by atoms with Gasteiger partial charge >= 0.3 is 0 Å². The third-order valence-corrected chi connectivity index (χ3v) is 14.1. The Morgan fingerprint density at radius 2 is 0.785 bits per heavy atom. The van der Waals surface area contributed by atoms with Gasteiger partial charge < -0.3 is 9.80 Å². The van der Waals surface area contributed by atoms with Crippen LogP contribution in [0.3, 0.4) is 0 Å². The van der Waals surface area contributed by atoms with Crippen molar-refractivity contribution < 1.29 is 0 Å². The number of hydrogen-bond donors (Lipinski definition) is 0. The molecule has 0 spiro atoms. The summed E-state index contributed by atoms with van der Waals surface area (Å²) in [5.41, 5.74) is 7.29. The van der Waals surface area contributed by atoms with Gasteiger partial charge in [-0.25, -0.2) is 0 Å². The molecule has 1 unspecified atom stereocenters. The highest BCUT2D eigenvalue weighted by molar-refractivity contribution is 6.10. The molecule has 5 aromatic carbocycles. The summed E-state index contributed by atoms with van der Waals surface area (Å²) in [7, 11) is 0. The standard InChI is InChI=1S/C59H84N6/c1-6-9-12-15-18-21-24-29-45-59(5)64(46-30-25-22-19-16-13-10-7-2)56-36-32-35-52-55(43-44-57(58(52)56)65(59)47-31-26-23-20-17-14-11-8-3)63-62-54-42-41-53(50-33-27-28-34-51(50)54)61-60-49-39-37-48(4)38-40-49/h27-28,32-44H,6-26,29-31,45-47H2,1-5H3/b61-60+,63-62+. The minimum Gasteiger partial charge on any atom is -0.348 e. The van der Waals surface area contributed by atoms with E-state index < -0.39 is 0 Å². The van der Waals surface area contributed by atoms with Crippen LogP contribution in [0.15, 0.2) is 111 Å². The lowest BCUT2D eigenvalue weighted by molar-refractivity contribution is 0.341. The van der Waals surface area contributed by atoms with E-state index in [-0.39, 0.29) is 5.66 Å². The average molecular weight is 877 g/mol. The van der Waals surface area contributed by atoms with Gasteiger partial charge in [0.05, 0.1) is 22.7 Å². The molecule has 0 N–H and O–H groups in total. The van der Waals surface area contributed by atoms with Crippen molar-refractivity contribution in [2.75, 3.05) is 22.9 Å².